The molecule has 3 aliphatic rings. The van der Waals surface area contributed by atoms with E-state index < -0.39 is 0 Å². The van der Waals surface area contributed by atoms with Gasteiger partial charge >= 0.3 is 0 Å². The third-order valence-corrected chi connectivity index (χ3v) is 4.93. The van der Waals surface area contributed by atoms with Gasteiger partial charge in [-0.1, -0.05) is 0 Å². The summed E-state index contributed by atoms with van der Waals surface area (Å²) >= 11 is 0. The summed E-state index contributed by atoms with van der Waals surface area (Å²) in [4.78, 5) is 21.2. The van der Waals surface area contributed by atoms with Crippen molar-refractivity contribution in [2.45, 2.75) is 19.3 Å². The maximum Gasteiger partial charge on any atom is 0.232 e. The van der Waals surface area contributed by atoms with Gasteiger partial charge in [0.25, 0.3) is 0 Å². The molecular weight excluding hydrogens is 306 g/mol. The lowest BCUT2D eigenvalue weighted by Gasteiger charge is -2.32. The zero-order chi connectivity index (χ0) is 16.2. The zero-order valence-electron chi connectivity index (χ0n) is 14.3. The van der Waals surface area contributed by atoms with Crippen LogP contribution in [0.2, 0.25) is 0 Å². The number of piperazine rings is 1. The number of ether oxygens (including phenoxy) is 1. The van der Waals surface area contributed by atoms with Crippen LogP contribution in [0.4, 0.5) is 17.8 Å². The molecule has 24 heavy (non-hydrogen) atoms. The number of morpholine rings is 1. The Balaban J connectivity index is 1.63. The quantitative estimate of drug-likeness (QED) is 0.836. The fraction of sp³-hybridized carbons (Fsp3) is 0.812. The first-order valence-corrected chi connectivity index (χ1v) is 9.19. The first-order chi connectivity index (χ1) is 11.9. The van der Waals surface area contributed by atoms with E-state index in [1.54, 1.807) is 0 Å². The van der Waals surface area contributed by atoms with Crippen LogP contribution < -0.4 is 20.0 Å². The Bertz CT molecular complexity index is 449. The standard InChI is InChI=1S/C16H27N7O/c1-2-6-21(7-3-1)14-18-15(22-8-4-17-5-9-22)20-16(19-14)23-10-12-24-13-11-23/h17H,1-13H2. The topological polar surface area (TPSA) is 69.7 Å². The molecule has 0 unspecified atom stereocenters. The molecule has 1 aromatic heterocycles. The van der Waals surface area contributed by atoms with Crippen LogP contribution in [0.25, 0.3) is 0 Å². The van der Waals surface area contributed by atoms with Crippen molar-refractivity contribution in [2.75, 3.05) is 80.3 Å². The highest BCUT2D eigenvalue weighted by molar-refractivity contribution is 5.47. The first-order valence-electron chi connectivity index (χ1n) is 9.19. The van der Waals surface area contributed by atoms with Gasteiger partial charge in [0.15, 0.2) is 0 Å². The number of nitrogens with zero attached hydrogens (tertiary/aromatic N) is 6. The molecule has 4 heterocycles. The highest BCUT2D eigenvalue weighted by Crippen LogP contribution is 2.22. The van der Waals surface area contributed by atoms with Crippen molar-refractivity contribution in [3.63, 3.8) is 0 Å². The van der Waals surface area contributed by atoms with Crippen LogP contribution in [0.3, 0.4) is 0 Å². The molecule has 1 aromatic rings. The summed E-state index contributed by atoms with van der Waals surface area (Å²) in [5.41, 5.74) is 0. The van der Waals surface area contributed by atoms with E-state index in [0.29, 0.717) is 0 Å². The summed E-state index contributed by atoms with van der Waals surface area (Å²) in [7, 11) is 0. The second-order valence-corrected chi connectivity index (χ2v) is 6.62. The van der Waals surface area contributed by atoms with Crippen molar-refractivity contribution in [1.29, 1.82) is 0 Å². The highest BCUT2D eigenvalue weighted by Gasteiger charge is 2.23. The van der Waals surface area contributed by atoms with Gasteiger partial charge < -0.3 is 24.8 Å². The summed E-state index contributed by atoms with van der Waals surface area (Å²) in [6.45, 7) is 9.16. The van der Waals surface area contributed by atoms with Crippen LogP contribution in [0.5, 0.6) is 0 Å². The van der Waals surface area contributed by atoms with Gasteiger partial charge in [-0.25, -0.2) is 0 Å². The summed E-state index contributed by atoms with van der Waals surface area (Å²) in [5.74, 6) is 2.48. The van der Waals surface area contributed by atoms with Crippen LogP contribution in [-0.4, -0.2) is 80.5 Å². The number of piperidine rings is 1. The lowest BCUT2D eigenvalue weighted by molar-refractivity contribution is 0.122. The van der Waals surface area contributed by atoms with Crippen molar-refractivity contribution in [2.24, 2.45) is 0 Å². The van der Waals surface area contributed by atoms with Gasteiger partial charge in [-0.15, -0.1) is 0 Å². The fourth-order valence-electron chi connectivity index (χ4n) is 3.49. The molecule has 0 aromatic carbocycles. The SMILES string of the molecule is C1CCN(c2nc(N3CCNCC3)nc(N3CCOCC3)n2)CC1. The molecule has 8 nitrogen and oxygen atoms in total. The van der Waals surface area contributed by atoms with E-state index >= 15 is 0 Å². The number of rotatable bonds is 3. The van der Waals surface area contributed by atoms with E-state index in [1.807, 2.05) is 0 Å². The Morgan fingerprint density at radius 3 is 1.71 bits per heavy atom. The van der Waals surface area contributed by atoms with Crippen molar-refractivity contribution < 1.29 is 4.74 Å². The lowest BCUT2D eigenvalue weighted by atomic mass is 10.1. The van der Waals surface area contributed by atoms with Crippen LogP contribution in [0, 0.1) is 0 Å². The monoisotopic (exact) mass is 333 g/mol. The van der Waals surface area contributed by atoms with Crippen molar-refractivity contribution in [3.05, 3.63) is 0 Å². The van der Waals surface area contributed by atoms with Gasteiger partial charge in [-0.3, -0.25) is 0 Å². The molecule has 0 atom stereocenters. The third-order valence-electron chi connectivity index (χ3n) is 4.93. The van der Waals surface area contributed by atoms with Crippen LogP contribution in [-0.2, 0) is 4.74 Å². The summed E-state index contributed by atoms with van der Waals surface area (Å²) in [5, 5.41) is 3.39. The fourth-order valence-corrected chi connectivity index (χ4v) is 3.49. The van der Waals surface area contributed by atoms with Gasteiger partial charge in [0.2, 0.25) is 17.8 Å². The molecule has 4 rings (SSSR count). The molecule has 132 valence electrons. The predicted octanol–water partition coefficient (Wildman–Crippen LogP) is 0.108. The van der Waals surface area contributed by atoms with Crippen molar-refractivity contribution in [1.82, 2.24) is 20.3 Å². The van der Waals surface area contributed by atoms with Crippen LogP contribution in [0.1, 0.15) is 19.3 Å². The third kappa shape index (κ3) is 3.54. The summed E-state index contributed by atoms with van der Waals surface area (Å²) in [6, 6.07) is 0. The molecule has 8 heteroatoms. The zero-order valence-corrected chi connectivity index (χ0v) is 14.3. The smallest absolute Gasteiger partial charge is 0.232 e. The van der Waals surface area contributed by atoms with Crippen molar-refractivity contribution in [3.8, 4) is 0 Å². The largest absolute Gasteiger partial charge is 0.378 e. The minimum absolute atomic E-state index is 0.744. The second-order valence-electron chi connectivity index (χ2n) is 6.62. The van der Waals surface area contributed by atoms with Crippen molar-refractivity contribution >= 4 is 17.8 Å². The Morgan fingerprint density at radius 2 is 1.12 bits per heavy atom. The second kappa shape index (κ2) is 7.48. The lowest BCUT2D eigenvalue weighted by Crippen LogP contribution is -2.45. The molecule has 0 radical (unpaired) electrons. The molecule has 0 aliphatic carbocycles. The van der Waals surface area contributed by atoms with E-state index in [4.69, 9.17) is 19.7 Å². The minimum atomic E-state index is 0.744. The number of hydrogen-bond acceptors (Lipinski definition) is 8. The Hall–Kier alpha value is -1.67. The van der Waals surface area contributed by atoms with E-state index in [9.17, 15) is 0 Å². The maximum atomic E-state index is 5.47. The minimum Gasteiger partial charge on any atom is -0.378 e. The molecule has 3 aliphatic heterocycles. The number of anilines is 3. The van der Waals surface area contributed by atoms with E-state index in [-0.39, 0.29) is 0 Å². The van der Waals surface area contributed by atoms with E-state index in [2.05, 4.69) is 20.0 Å². The van der Waals surface area contributed by atoms with Crippen LogP contribution >= 0.6 is 0 Å². The molecular formula is C16H27N7O. The Labute approximate surface area is 143 Å². The average molecular weight is 333 g/mol. The maximum absolute atomic E-state index is 5.47. The highest BCUT2D eigenvalue weighted by atomic mass is 16.5. The van der Waals surface area contributed by atoms with E-state index in [1.165, 1.54) is 19.3 Å². The summed E-state index contributed by atoms with van der Waals surface area (Å²) in [6.07, 6.45) is 3.76. The van der Waals surface area contributed by atoms with Crippen LogP contribution in [0.15, 0.2) is 0 Å². The molecule has 0 amide bonds. The number of nitrogens with one attached hydrogen (secondary N) is 1. The van der Waals surface area contributed by atoms with Gasteiger partial charge in [0, 0.05) is 52.4 Å². The average Bonchev–Trinajstić information content (AvgIpc) is 2.70. The molecule has 3 saturated heterocycles. The number of hydrogen-bond donors (Lipinski definition) is 1. The van der Waals surface area contributed by atoms with Gasteiger partial charge in [-0.05, 0) is 19.3 Å². The molecule has 1 N–H and O–H groups in total. The normalized spacial score (nSPS) is 22.8. The molecule has 3 fully saturated rings. The van der Waals surface area contributed by atoms with Gasteiger partial charge in [0.05, 0.1) is 13.2 Å². The van der Waals surface area contributed by atoms with Gasteiger partial charge in [-0.2, -0.15) is 15.0 Å². The van der Waals surface area contributed by atoms with Gasteiger partial charge in [0.1, 0.15) is 0 Å². The predicted molar refractivity (Wildman–Crippen MR) is 94.0 cm³/mol. The van der Waals surface area contributed by atoms with E-state index in [0.717, 1.165) is 83.4 Å². The summed E-state index contributed by atoms with van der Waals surface area (Å²) < 4.78 is 5.47. The molecule has 0 saturated carbocycles. The Kier molecular flexibility index (Phi) is 4.94. The molecule has 0 spiro atoms. The number of aromatic nitrogens is 3. The molecule has 0 bridgehead atoms. The first kappa shape index (κ1) is 15.8. The Morgan fingerprint density at radius 1 is 0.625 bits per heavy atom.